The monoisotopic (exact) mass is 242 g/mol. The van der Waals surface area contributed by atoms with Gasteiger partial charge >= 0.3 is 12.0 Å². The zero-order valence-corrected chi connectivity index (χ0v) is 11.2. The number of rotatable bonds is 5. The Labute approximate surface area is 102 Å². The van der Waals surface area contributed by atoms with Gasteiger partial charge in [-0.2, -0.15) is 0 Å². The Kier molecular flexibility index (Phi) is 5.71. The van der Waals surface area contributed by atoms with Gasteiger partial charge in [0.05, 0.1) is 0 Å². The lowest BCUT2D eigenvalue weighted by Crippen LogP contribution is -2.56. The minimum absolute atomic E-state index is 0.347. The van der Waals surface area contributed by atoms with Crippen LogP contribution < -0.4 is 5.32 Å². The number of amides is 2. The van der Waals surface area contributed by atoms with Crippen molar-refractivity contribution in [1.82, 2.24) is 10.2 Å². The van der Waals surface area contributed by atoms with Crippen LogP contribution in [0.15, 0.2) is 11.6 Å². The number of aliphatic carboxylic acids is 1. The highest BCUT2D eigenvalue weighted by Crippen LogP contribution is 2.14. The molecule has 0 saturated heterocycles. The SMILES string of the molecule is CCN(C(=O)NCC=C(C)C)C(C)(C)C(=O)O. The van der Waals surface area contributed by atoms with E-state index in [2.05, 4.69) is 5.32 Å². The molecule has 2 N–H and O–H groups in total. The molecule has 0 spiro atoms. The molecular formula is C12H22N2O3. The molecule has 0 aliphatic carbocycles. The molecule has 0 aliphatic heterocycles. The fraction of sp³-hybridized carbons (Fsp3) is 0.667. The van der Waals surface area contributed by atoms with Gasteiger partial charge in [-0.15, -0.1) is 0 Å². The number of carbonyl (C=O) groups excluding carboxylic acids is 1. The van der Waals surface area contributed by atoms with Crippen LogP contribution in [0.2, 0.25) is 0 Å². The number of carboxylic acids is 1. The summed E-state index contributed by atoms with van der Waals surface area (Å²) in [7, 11) is 0. The van der Waals surface area contributed by atoms with Crippen molar-refractivity contribution >= 4 is 12.0 Å². The highest BCUT2D eigenvalue weighted by atomic mass is 16.4. The summed E-state index contributed by atoms with van der Waals surface area (Å²) in [6.45, 7) is 9.41. The van der Waals surface area contributed by atoms with E-state index in [1.165, 1.54) is 18.7 Å². The average molecular weight is 242 g/mol. The van der Waals surface area contributed by atoms with Crippen LogP contribution in [-0.4, -0.2) is 40.6 Å². The zero-order chi connectivity index (χ0) is 13.6. The maximum absolute atomic E-state index is 11.8. The fourth-order valence-corrected chi connectivity index (χ4v) is 1.35. The molecule has 0 unspecified atom stereocenters. The lowest BCUT2D eigenvalue weighted by molar-refractivity contribution is -0.147. The molecule has 2 amide bonds. The van der Waals surface area contributed by atoms with Crippen molar-refractivity contribution in [1.29, 1.82) is 0 Å². The van der Waals surface area contributed by atoms with Gasteiger partial charge in [0.15, 0.2) is 0 Å². The molecule has 17 heavy (non-hydrogen) atoms. The number of urea groups is 1. The fourth-order valence-electron chi connectivity index (χ4n) is 1.35. The summed E-state index contributed by atoms with van der Waals surface area (Å²) < 4.78 is 0. The standard InChI is InChI=1S/C12H22N2O3/c1-6-14(12(4,5)10(15)16)11(17)13-8-7-9(2)3/h7H,6,8H2,1-5H3,(H,13,17)(H,15,16). The summed E-state index contributed by atoms with van der Waals surface area (Å²) in [5.41, 5.74) is -0.102. The van der Waals surface area contributed by atoms with E-state index in [-0.39, 0.29) is 6.03 Å². The van der Waals surface area contributed by atoms with Gasteiger partial charge in [0.1, 0.15) is 5.54 Å². The number of carboxylic acid groups (broad SMARTS) is 1. The van der Waals surface area contributed by atoms with Crippen molar-refractivity contribution in [2.24, 2.45) is 0 Å². The first-order chi connectivity index (χ1) is 7.73. The first-order valence-electron chi connectivity index (χ1n) is 5.65. The van der Waals surface area contributed by atoms with Crippen molar-refractivity contribution in [2.45, 2.75) is 40.2 Å². The van der Waals surface area contributed by atoms with Gasteiger partial charge in [-0.25, -0.2) is 9.59 Å². The number of nitrogens with one attached hydrogen (secondary N) is 1. The Bertz CT molecular complexity index is 318. The van der Waals surface area contributed by atoms with Gasteiger partial charge in [0, 0.05) is 13.1 Å². The lowest BCUT2D eigenvalue weighted by atomic mass is 10.0. The van der Waals surface area contributed by atoms with E-state index in [4.69, 9.17) is 5.11 Å². The van der Waals surface area contributed by atoms with Gasteiger partial charge in [0.25, 0.3) is 0 Å². The Hall–Kier alpha value is -1.52. The van der Waals surface area contributed by atoms with Crippen molar-refractivity contribution < 1.29 is 14.7 Å². The number of likely N-dealkylation sites (N-methyl/N-ethyl adjacent to an activating group) is 1. The number of allylic oxidation sites excluding steroid dienone is 1. The Balaban J connectivity index is 4.62. The molecule has 0 aromatic carbocycles. The van der Waals surface area contributed by atoms with E-state index in [0.717, 1.165) is 5.57 Å². The van der Waals surface area contributed by atoms with E-state index in [1.54, 1.807) is 6.92 Å². The van der Waals surface area contributed by atoms with Crippen LogP contribution in [0, 0.1) is 0 Å². The minimum Gasteiger partial charge on any atom is -0.480 e. The summed E-state index contributed by atoms with van der Waals surface area (Å²) in [4.78, 5) is 24.2. The average Bonchev–Trinajstić information content (AvgIpc) is 2.17. The third kappa shape index (κ3) is 4.46. The normalized spacial score (nSPS) is 10.6. The molecule has 0 atom stereocenters. The highest BCUT2D eigenvalue weighted by Gasteiger charge is 2.36. The molecule has 0 aliphatic rings. The molecule has 0 aromatic rings. The van der Waals surface area contributed by atoms with Gasteiger partial charge in [-0.3, -0.25) is 0 Å². The molecule has 0 heterocycles. The third-order valence-corrected chi connectivity index (χ3v) is 2.52. The number of carbonyl (C=O) groups is 2. The Morgan fingerprint density at radius 3 is 2.24 bits per heavy atom. The van der Waals surface area contributed by atoms with Crippen LogP contribution in [0.25, 0.3) is 0 Å². The lowest BCUT2D eigenvalue weighted by Gasteiger charge is -2.34. The van der Waals surface area contributed by atoms with E-state index in [0.29, 0.717) is 13.1 Å². The summed E-state index contributed by atoms with van der Waals surface area (Å²) in [5.74, 6) is -1.02. The van der Waals surface area contributed by atoms with E-state index < -0.39 is 11.5 Å². The molecule has 5 heteroatoms. The van der Waals surface area contributed by atoms with Crippen LogP contribution in [0.3, 0.4) is 0 Å². The molecular weight excluding hydrogens is 220 g/mol. The van der Waals surface area contributed by atoms with E-state index in [1.807, 2.05) is 19.9 Å². The number of nitrogens with zero attached hydrogens (tertiary/aromatic N) is 1. The van der Waals surface area contributed by atoms with Gasteiger partial charge in [0.2, 0.25) is 0 Å². The molecule has 0 rings (SSSR count). The quantitative estimate of drug-likeness (QED) is 0.723. The predicted molar refractivity (Wildman–Crippen MR) is 66.9 cm³/mol. The second kappa shape index (κ2) is 6.27. The topological polar surface area (TPSA) is 69.6 Å². The van der Waals surface area contributed by atoms with Crippen LogP contribution in [-0.2, 0) is 4.79 Å². The van der Waals surface area contributed by atoms with Gasteiger partial charge < -0.3 is 15.3 Å². The van der Waals surface area contributed by atoms with Crippen LogP contribution in [0.4, 0.5) is 4.79 Å². The molecule has 0 aromatic heterocycles. The predicted octanol–water partition coefficient (Wildman–Crippen LogP) is 1.85. The summed E-state index contributed by atoms with van der Waals surface area (Å²) in [5, 5.41) is 11.7. The van der Waals surface area contributed by atoms with Gasteiger partial charge in [-0.1, -0.05) is 11.6 Å². The molecule has 98 valence electrons. The Morgan fingerprint density at radius 1 is 1.35 bits per heavy atom. The maximum atomic E-state index is 11.8. The first kappa shape index (κ1) is 15.5. The Morgan fingerprint density at radius 2 is 1.88 bits per heavy atom. The van der Waals surface area contributed by atoms with Crippen molar-refractivity contribution in [2.75, 3.05) is 13.1 Å². The van der Waals surface area contributed by atoms with Crippen molar-refractivity contribution in [3.05, 3.63) is 11.6 Å². The first-order valence-corrected chi connectivity index (χ1v) is 5.65. The second-order valence-electron chi connectivity index (χ2n) is 4.58. The van der Waals surface area contributed by atoms with E-state index in [9.17, 15) is 9.59 Å². The number of hydrogen-bond acceptors (Lipinski definition) is 2. The van der Waals surface area contributed by atoms with Crippen molar-refractivity contribution in [3.8, 4) is 0 Å². The third-order valence-electron chi connectivity index (χ3n) is 2.52. The zero-order valence-electron chi connectivity index (χ0n) is 11.2. The van der Waals surface area contributed by atoms with Crippen molar-refractivity contribution in [3.63, 3.8) is 0 Å². The minimum atomic E-state index is -1.20. The van der Waals surface area contributed by atoms with Crippen LogP contribution in [0.5, 0.6) is 0 Å². The molecule has 5 nitrogen and oxygen atoms in total. The van der Waals surface area contributed by atoms with E-state index >= 15 is 0 Å². The molecule has 0 bridgehead atoms. The largest absolute Gasteiger partial charge is 0.480 e. The summed E-state index contributed by atoms with van der Waals surface area (Å²) in [6, 6.07) is -0.364. The number of hydrogen-bond donors (Lipinski definition) is 2. The smallest absolute Gasteiger partial charge is 0.329 e. The molecule has 0 fully saturated rings. The highest BCUT2D eigenvalue weighted by molar-refractivity contribution is 5.85. The summed E-state index contributed by atoms with van der Waals surface area (Å²) >= 11 is 0. The summed E-state index contributed by atoms with van der Waals surface area (Å²) in [6.07, 6.45) is 1.87. The van der Waals surface area contributed by atoms with Crippen LogP contribution in [0.1, 0.15) is 34.6 Å². The molecule has 0 saturated carbocycles. The van der Waals surface area contributed by atoms with Crippen LogP contribution >= 0.6 is 0 Å². The second-order valence-corrected chi connectivity index (χ2v) is 4.58. The maximum Gasteiger partial charge on any atom is 0.329 e. The molecule has 0 radical (unpaired) electrons. The van der Waals surface area contributed by atoms with Gasteiger partial charge in [-0.05, 0) is 34.6 Å².